The summed E-state index contributed by atoms with van der Waals surface area (Å²) in [4.78, 5) is 11.2. The molecule has 25 heavy (non-hydrogen) atoms. The van der Waals surface area contributed by atoms with Crippen molar-refractivity contribution in [2.45, 2.75) is 19.9 Å². The van der Waals surface area contributed by atoms with Gasteiger partial charge in [0.15, 0.2) is 6.29 Å². The van der Waals surface area contributed by atoms with E-state index in [1.54, 1.807) is 12.1 Å². The third-order valence-corrected chi connectivity index (χ3v) is 4.88. The second kappa shape index (κ2) is 7.45. The molecule has 1 aromatic rings. The van der Waals surface area contributed by atoms with Gasteiger partial charge in [-0.05, 0) is 32.1 Å². The van der Waals surface area contributed by atoms with Gasteiger partial charge in [0.25, 0.3) is 0 Å². The van der Waals surface area contributed by atoms with Gasteiger partial charge in [-0.1, -0.05) is 6.07 Å². The summed E-state index contributed by atoms with van der Waals surface area (Å²) in [6.45, 7) is 7.02. The Bertz CT molecular complexity index is 659. The van der Waals surface area contributed by atoms with Crippen LogP contribution in [0.1, 0.15) is 24.2 Å². The maximum absolute atomic E-state index is 11.2. The van der Waals surface area contributed by atoms with Gasteiger partial charge in [-0.25, -0.2) is 5.01 Å². The molecule has 0 bridgehead atoms. The quantitative estimate of drug-likeness (QED) is 0.798. The standard InChI is InChI=1S/C19H26N2O4/c1-13(2)21-17(7-8-20(21)3)16-12-24-10-14(16)11-25-19-6-4-5-18(23)15(19)9-22/h4-7,9,13-14,16,23H,8,10-12H2,1-3H3. The first-order chi connectivity index (χ1) is 12.0. The molecule has 0 saturated carbocycles. The molecule has 1 aromatic carbocycles. The number of hydrogen-bond acceptors (Lipinski definition) is 6. The number of carbonyl (C=O) groups excluding carboxylic acids is 1. The number of aldehydes is 1. The molecule has 6 heteroatoms. The number of ether oxygens (including phenoxy) is 2. The topological polar surface area (TPSA) is 62.2 Å². The van der Waals surface area contributed by atoms with Crippen LogP contribution in [0.15, 0.2) is 30.0 Å². The molecule has 2 aliphatic rings. The zero-order chi connectivity index (χ0) is 18.0. The van der Waals surface area contributed by atoms with E-state index in [-0.39, 0.29) is 23.1 Å². The van der Waals surface area contributed by atoms with Crippen LogP contribution < -0.4 is 4.74 Å². The number of hydrogen-bond donors (Lipinski definition) is 1. The average molecular weight is 346 g/mol. The Morgan fingerprint density at radius 2 is 2.20 bits per heavy atom. The van der Waals surface area contributed by atoms with Gasteiger partial charge in [0.2, 0.25) is 0 Å². The molecule has 1 N–H and O–H groups in total. The van der Waals surface area contributed by atoms with E-state index < -0.39 is 0 Å². The Balaban J connectivity index is 1.71. The fourth-order valence-electron chi connectivity index (χ4n) is 3.68. The summed E-state index contributed by atoms with van der Waals surface area (Å²) < 4.78 is 11.6. The zero-order valence-electron chi connectivity index (χ0n) is 15.0. The Morgan fingerprint density at radius 1 is 1.40 bits per heavy atom. The molecular formula is C19H26N2O4. The summed E-state index contributed by atoms with van der Waals surface area (Å²) in [5, 5.41) is 14.3. The fraction of sp³-hybridized carbons (Fsp3) is 0.526. The lowest BCUT2D eigenvalue weighted by Gasteiger charge is -2.36. The third-order valence-electron chi connectivity index (χ3n) is 4.88. The van der Waals surface area contributed by atoms with Crippen LogP contribution in [0.5, 0.6) is 11.5 Å². The minimum absolute atomic E-state index is 0.0576. The average Bonchev–Trinajstić information content (AvgIpc) is 3.18. The molecule has 6 nitrogen and oxygen atoms in total. The normalized spacial score (nSPS) is 24.0. The Hall–Kier alpha value is -2.05. The molecule has 0 radical (unpaired) electrons. The summed E-state index contributed by atoms with van der Waals surface area (Å²) in [5.74, 6) is 0.835. The van der Waals surface area contributed by atoms with Gasteiger partial charge in [0.1, 0.15) is 11.5 Å². The van der Waals surface area contributed by atoms with Crippen molar-refractivity contribution in [2.75, 3.05) is 33.4 Å². The highest BCUT2D eigenvalue weighted by molar-refractivity contribution is 5.83. The van der Waals surface area contributed by atoms with Crippen molar-refractivity contribution < 1.29 is 19.4 Å². The number of hydrazine groups is 1. The number of phenols is 1. The van der Waals surface area contributed by atoms with Crippen molar-refractivity contribution in [3.8, 4) is 11.5 Å². The lowest BCUT2D eigenvalue weighted by atomic mass is 9.92. The third kappa shape index (κ3) is 3.50. The van der Waals surface area contributed by atoms with Crippen LogP contribution in [0.4, 0.5) is 0 Å². The number of nitrogens with zero attached hydrogens (tertiary/aromatic N) is 2. The van der Waals surface area contributed by atoms with Crippen LogP contribution in [0.3, 0.4) is 0 Å². The Labute approximate surface area is 148 Å². The van der Waals surface area contributed by atoms with Gasteiger partial charge < -0.3 is 19.6 Å². The number of aromatic hydroxyl groups is 1. The first-order valence-electron chi connectivity index (χ1n) is 8.71. The van der Waals surface area contributed by atoms with E-state index >= 15 is 0 Å². The Kier molecular flexibility index (Phi) is 5.30. The molecule has 0 aromatic heterocycles. The van der Waals surface area contributed by atoms with Crippen molar-refractivity contribution >= 4 is 6.29 Å². The van der Waals surface area contributed by atoms with Crippen LogP contribution in [0.2, 0.25) is 0 Å². The first kappa shape index (κ1) is 17.8. The number of carbonyl (C=O) groups is 1. The van der Waals surface area contributed by atoms with E-state index in [0.29, 0.717) is 37.9 Å². The Morgan fingerprint density at radius 3 is 2.92 bits per heavy atom. The second-order valence-electron chi connectivity index (χ2n) is 6.93. The lowest BCUT2D eigenvalue weighted by molar-refractivity contribution is 0.0228. The molecule has 0 amide bonds. The maximum atomic E-state index is 11.2. The van der Waals surface area contributed by atoms with Crippen LogP contribution in [0, 0.1) is 11.8 Å². The largest absolute Gasteiger partial charge is 0.507 e. The van der Waals surface area contributed by atoms with E-state index in [2.05, 4.69) is 37.0 Å². The number of rotatable bonds is 6. The van der Waals surface area contributed by atoms with Crippen molar-refractivity contribution in [3.05, 3.63) is 35.5 Å². The number of phenolic OH excluding ortho intramolecular Hbond substituents is 1. The molecule has 2 unspecified atom stereocenters. The molecule has 2 atom stereocenters. The van der Waals surface area contributed by atoms with Crippen molar-refractivity contribution in [3.63, 3.8) is 0 Å². The molecule has 0 spiro atoms. The first-order valence-corrected chi connectivity index (χ1v) is 8.71. The van der Waals surface area contributed by atoms with E-state index in [9.17, 15) is 9.90 Å². The van der Waals surface area contributed by atoms with Crippen molar-refractivity contribution in [1.29, 1.82) is 0 Å². The summed E-state index contributed by atoms with van der Waals surface area (Å²) in [7, 11) is 2.09. The van der Waals surface area contributed by atoms with E-state index in [4.69, 9.17) is 9.47 Å². The van der Waals surface area contributed by atoms with Gasteiger partial charge in [-0.2, -0.15) is 0 Å². The van der Waals surface area contributed by atoms with Gasteiger partial charge in [-0.15, -0.1) is 0 Å². The minimum atomic E-state index is -0.0576. The minimum Gasteiger partial charge on any atom is -0.507 e. The predicted molar refractivity (Wildman–Crippen MR) is 94.5 cm³/mol. The van der Waals surface area contributed by atoms with E-state index in [1.807, 2.05) is 0 Å². The van der Waals surface area contributed by atoms with Crippen LogP contribution in [-0.4, -0.2) is 60.9 Å². The molecule has 2 aliphatic heterocycles. The molecule has 136 valence electrons. The molecule has 3 rings (SSSR count). The monoisotopic (exact) mass is 346 g/mol. The lowest BCUT2D eigenvalue weighted by Crippen LogP contribution is -2.42. The fourth-order valence-corrected chi connectivity index (χ4v) is 3.68. The number of benzene rings is 1. The van der Waals surface area contributed by atoms with Crippen molar-refractivity contribution in [2.24, 2.45) is 11.8 Å². The van der Waals surface area contributed by atoms with Crippen LogP contribution in [-0.2, 0) is 4.74 Å². The summed E-state index contributed by atoms with van der Waals surface area (Å²) in [6, 6.07) is 5.25. The smallest absolute Gasteiger partial charge is 0.157 e. The molecule has 1 fully saturated rings. The predicted octanol–water partition coefficient (Wildman–Crippen LogP) is 2.30. The molecule has 1 saturated heterocycles. The highest BCUT2D eigenvalue weighted by Crippen LogP contribution is 2.35. The highest BCUT2D eigenvalue weighted by Gasteiger charge is 2.38. The zero-order valence-corrected chi connectivity index (χ0v) is 15.0. The van der Waals surface area contributed by atoms with Gasteiger partial charge in [0, 0.05) is 37.2 Å². The second-order valence-corrected chi connectivity index (χ2v) is 6.93. The summed E-state index contributed by atoms with van der Waals surface area (Å²) >= 11 is 0. The highest BCUT2D eigenvalue weighted by atomic mass is 16.5. The van der Waals surface area contributed by atoms with Crippen LogP contribution in [0.25, 0.3) is 0 Å². The summed E-state index contributed by atoms with van der Waals surface area (Å²) in [6.07, 6.45) is 2.89. The van der Waals surface area contributed by atoms with Crippen molar-refractivity contribution in [1.82, 2.24) is 10.0 Å². The van der Waals surface area contributed by atoms with E-state index in [1.165, 1.54) is 11.8 Å². The van der Waals surface area contributed by atoms with E-state index in [0.717, 1.165) is 6.54 Å². The van der Waals surface area contributed by atoms with Gasteiger partial charge in [0.05, 0.1) is 25.4 Å². The molecule has 2 heterocycles. The van der Waals surface area contributed by atoms with Crippen LogP contribution >= 0.6 is 0 Å². The molecular weight excluding hydrogens is 320 g/mol. The molecule has 0 aliphatic carbocycles. The van der Waals surface area contributed by atoms with Gasteiger partial charge >= 0.3 is 0 Å². The SMILES string of the molecule is CC(C)N1C(C2COCC2COc2cccc(O)c2C=O)=CCN1C. The summed E-state index contributed by atoms with van der Waals surface area (Å²) in [5.41, 5.74) is 1.48. The number of likely N-dealkylation sites (N-methyl/N-ethyl adjacent to an activating group) is 1. The van der Waals surface area contributed by atoms with Gasteiger partial charge in [-0.3, -0.25) is 4.79 Å². The maximum Gasteiger partial charge on any atom is 0.157 e.